The molecule has 0 fully saturated rings. The van der Waals surface area contributed by atoms with Gasteiger partial charge in [-0.1, -0.05) is 24.3 Å². The van der Waals surface area contributed by atoms with Crippen LogP contribution in [0, 0.1) is 13.8 Å². The third-order valence-corrected chi connectivity index (χ3v) is 8.37. The molecular formula is C34H30Br2N4O5. The molecule has 45 heavy (non-hydrogen) atoms. The SMILES string of the molecule is CCOc1cc(/C=N/NC(=O)Cn2c3ccccc3c(=O)c3ccccc32)cc(Br)c1OCC(=O)Nc1cc(C)c(C)cc1Br. The van der Waals surface area contributed by atoms with Gasteiger partial charge in [0.05, 0.1) is 34.0 Å². The van der Waals surface area contributed by atoms with Crippen molar-refractivity contribution >= 4 is 77.4 Å². The van der Waals surface area contributed by atoms with E-state index in [2.05, 4.69) is 47.7 Å². The molecule has 11 heteroatoms. The third kappa shape index (κ3) is 7.26. The van der Waals surface area contributed by atoms with E-state index in [1.807, 2.05) is 61.7 Å². The molecule has 1 heterocycles. The summed E-state index contributed by atoms with van der Waals surface area (Å²) in [6, 6.07) is 21.7. The van der Waals surface area contributed by atoms with Crippen LogP contribution < -0.4 is 25.6 Å². The van der Waals surface area contributed by atoms with Crippen molar-refractivity contribution in [1.29, 1.82) is 0 Å². The standard InChI is InChI=1S/C34H30Br2N4O5/c1-4-44-30-16-22(15-26(36)34(30)45-19-32(42)38-27-14-21(3)20(2)13-25(27)35)17-37-39-31(41)18-40-28-11-7-5-9-23(28)33(43)24-10-6-8-12-29(24)40/h5-17H,4,18-19H2,1-3H3,(H,38,42)(H,39,41)/b37-17+. The second kappa shape index (κ2) is 14.1. The Hall–Kier alpha value is -4.48. The Bertz CT molecular complexity index is 1960. The minimum absolute atomic E-state index is 0.0416. The molecule has 5 rings (SSSR count). The topological polar surface area (TPSA) is 111 Å². The summed E-state index contributed by atoms with van der Waals surface area (Å²) in [5.41, 5.74) is 7.28. The normalized spacial score (nSPS) is 11.2. The van der Waals surface area contributed by atoms with E-state index in [9.17, 15) is 14.4 Å². The van der Waals surface area contributed by atoms with E-state index >= 15 is 0 Å². The summed E-state index contributed by atoms with van der Waals surface area (Å²) in [6.07, 6.45) is 1.49. The minimum Gasteiger partial charge on any atom is -0.490 e. The van der Waals surface area contributed by atoms with Crippen LogP contribution in [0.25, 0.3) is 21.8 Å². The predicted octanol–water partition coefficient (Wildman–Crippen LogP) is 6.86. The van der Waals surface area contributed by atoms with Crippen molar-refractivity contribution in [2.75, 3.05) is 18.5 Å². The van der Waals surface area contributed by atoms with Crippen molar-refractivity contribution < 1.29 is 19.1 Å². The zero-order valence-electron chi connectivity index (χ0n) is 24.8. The van der Waals surface area contributed by atoms with Crippen LogP contribution in [0.3, 0.4) is 0 Å². The average molecular weight is 734 g/mol. The van der Waals surface area contributed by atoms with Crippen LogP contribution in [-0.4, -0.2) is 35.8 Å². The van der Waals surface area contributed by atoms with Crippen molar-refractivity contribution in [2.24, 2.45) is 5.10 Å². The zero-order chi connectivity index (χ0) is 32.1. The Morgan fingerprint density at radius 3 is 2.18 bits per heavy atom. The summed E-state index contributed by atoms with van der Waals surface area (Å²) in [6.45, 7) is 5.90. The predicted molar refractivity (Wildman–Crippen MR) is 185 cm³/mol. The van der Waals surface area contributed by atoms with Gasteiger partial charge >= 0.3 is 0 Å². The fourth-order valence-electron chi connectivity index (χ4n) is 4.87. The number of benzene rings is 4. The van der Waals surface area contributed by atoms with Gasteiger partial charge in [0, 0.05) is 15.2 Å². The third-order valence-electron chi connectivity index (χ3n) is 7.12. The van der Waals surface area contributed by atoms with Crippen LogP contribution in [0.15, 0.2) is 91.6 Å². The number of nitrogens with one attached hydrogen (secondary N) is 2. The van der Waals surface area contributed by atoms with Crippen LogP contribution in [0.2, 0.25) is 0 Å². The molecule has 0 aliphatic heterocycles. The number of para-hydroxylation sites is 2. The molecule has 0 spiro atoms. The zero-order valence-corrected chi connectivity index (χ0v) is 28.0. The van der Waals surface area contributed by atoms with Crippen molar-refractivity contribution in [3.8, 4) is 11.5 Å². The number of fused-ring (bicyclic) bond motifs is 2. The maximum atomic E-state index is 13.0. The molecule has 0 atom stereocenters. The van der Waals surface area contributed by atoms with Crippen molar-refractivity contribution in [2.45, 2.75) is 27.3 Å². The van der Waals surface area contributed by atoms with Crippen LogP contribution >= 0.6 is 31.9 Å². The van der Waals surface area contributed by atoms with Gasteiger partial charge in [-0.25, -0.2) is 5.43 Å². The van der Waals surface area contributed by atoms with Gasteiger partial charge in [-0.3, -0.25) is 14.4 Å². The Balaban J connectivity index is 1.28. The van der Waals surface area contributed by atoms with E-state index in [0.29, 0.717) is 55.6 Å². The first-order chi connectivity index (χ1) is 21.7. The Kier molecular flexibility index (Phi) is 9.99. The highest BCUT2D eigenvalue weighted by atomic mass is 79.9. The number of rotatable bonds is 10. The van der Waals surface area contributed by atoms with Gasteiger partial charge in [-0.05, 0) is 118 Å². The second-order valence-corrected chi connectivity index (χ2v) is 12.0. The monoisotopic (exact) mass is 732 g/mol. The largest absolute Gasteiger partial charge is 0.490 e. The Morgan fingerprint density at radius 1 is 0.867 bits per heavy atom. The summed E-state index contributed by atoms with van der Waals surface area (Å²) >= 11 is 7.00. The lowest BCUT2D eigenvalue weighted by Crippen LogP contribution is -2.25. The van der Waals surface area contributed by atoms with Crippen LogP contribution in [0.1, 0.15) is 23.6 Å². The van der Waals surface area contributed by atoms with E-state index in [0.717, 1.165) is 15.6 Å². The first kappa shape index (κ1) is 31.9. The number of amides is 2. The maximum Gasteiger partial charge on any atom is 0.262 e. The molecule has 2 N–H and O–H groups in total. The molecule has 0 bridgehead atoms. The van der Waals surface area contributed by atoms with Crippen LogP contribution in [0.5, 0.6) is 11.5 Å². The van der Waals surface area contributed by atoms with E-state index in [4.69, 9.17) is 9.47 Å². The number of aryl methyl sites for hydroxylation is 2. The molecular weight excluding hydrogens is 704 g/mol. The molecule has 5 aromatic rings. The van der Waals surface area contributed by atoms with Gasteiger partial charge in [0.15, 0.2) is 23.5 Å². The quantitative estimate of drug-likeness (QED) is 0.0926. The number of anilines is 1. The molecule has 230 valence electrons. The summed E-state index contributed by atoms with van der Waals surface area (Å²) in [7, 11) is 0. The number of halogens is 2. The maximum absolute atomic E-state index is 13.0. The van der Waals surface area contributed by atoms with Gasteiger partial charge in [0.2, 0.25) is 0 Å². The molecule has 2 amide bonds. The molecule has 0 aliphatic carbocycles. The van der Waals surface area contributed by atoms with Gasteiger partial charge in [-0.15, -0.1) is 0 Å². The van der Waals surface area contributed by atoms with E-state index < -0.39 is 0 Å². The molecule has 0 radical (unpaired) electrons. The summed E-state index contributed by atoms with van der Waals surface area (Å²) in [5, 5.41) is 8.09. The Labute approximate surface area is 276 Å². The second-order valence-electron chi connectivity index (χ2n) is 10.3. The average Bonchev–Trinajstić information content (AvgIpc) is 3.01. The first-order valence-electron chi connectivity index (χ1n) is 14.1. The first-order valence-corrected chi connectivity index (χ1v) is 15.7. The number of hydrazone groups is 1. The number of nitrogens with zero attached hydrogens (tertiary/aromatic N) is 2. The molecule has 9 nitrogen and oxygen atoms in total. The van der Waals surface area contributed by atoms with E-state index in [1.165, 1.54) is 6.21 Å². The number of carbonyl (C=O) groups excluding carboxylic acids is 2. The highest BCUT2D eigenvalue weighted by Gasteiger charge is 2.16. The van der Waals surface area contributed by atoms with Crippen molar-refractivity contribution in [3.63, 3.8) is 0 Å². The molecule has 0 aliphatic rings. The molecule has 0 saturated carbocycles. The Morgan fingerprint density at radius 2 is 1.51 bits per heavy atom. The number of pyridine rings is 1. The van der Waals surface area contributed by atoms with Crippen LogP contribution in [0.4, 0.5) is 5.69 Å². The van der Waals surface area contributed by atoms with Gasteiger partial charge in [-0.2, -0.15) is 5.10 Å². The molecule has 4 aromatic carbocycles. The number of carbonyl (C=O) groups is 2. The lowest BCUT2D eigenvalue weighted by molar-refractivity contribution is -0.121. The van der Waals surface area contributed by atoms with Gasteiger partial charge in [0.25, 0.3) is 11.8 Å². The van der Waals surface area contributed by atoms with Crippen molar-refractivity contribution in [3.05, 3.63) is 109 Å². The summed E-state index contributed by atoms with van der Waals surface area (Å²) in [4.78, 5) is 38.7. The van der Waals surface area contributed by atoms with Gasteiger partial charge < -0.3 is 19.4 Å². The molecule has 1 aromatic heterocycles. The van der Waals surface area contributed by atoms with E-state index in [-0.39, 0.29) is 30.4 Å². The number of hydrogen-bond acceptors (Lipinski definition) is 6. The molecule has 0 unspecified atom stereocenters. The highest BCUT2D eigenvalue weighted by Crippen LogP contribution is 2.37. The summed E-state index contributed by atoms with van der Waals surface area (Å²) in [5.74, 6) is 0.0796. The smallest absolute Gasteiger partial charge is 0.262 e. The van der Waals surface area contributed by atoms with Gasteiger partial charge in [0.1, 0.15) is 6.54 Å². The number of ether oxygens (including phenoxy) is 2. The number of aromatic nitrogens is 1. The molecule has 0 saturated heterocycles. The van der Waals surface area contributed by atoms with Crippen molar-refractivity contribution in [1.82, 2.24) is 9.99 Å². The fraction of sp³-hybridized carbons (Fsp3) is 0.176. The lowest BCUT2D eigenvalue weighted by Gasteiger charge is -2.15. The number of hydrogen-bond donors (Lipinski definition) is 2. The van der Waals surface area contributed by atoms with Crippen LogP contribution in [-0.2, 0) is 16.1 Å². The van der Waals surface area contributed by atoms with E-state index in [1.54, 1.807) is 36.4 Å². The highest BCUT2D eigenvalue weighted by molar-refractivity contribution is 9.11. The lowest BCUT2D eigenvalue weighted by atomic mass is 10.1. The fourth-order valence-corrected chi connectivity index (χ4v) is 6.00. The summed E-state index contributed by atoms with van der Waals surface area (Å²) < 4.78 is 14.8. The minimum atomic E-state index is -0.365.